The molecule has 0 bridgehead atoms. The lowest BCUT2D eigenvalue weighted by Crippen LogP contribution is -2.08. The van der Waals surface area contributed by atoms with Gasteiger partial charge in [-0.1, -0.05) is 126 Å². The zero-order valence-corrected chi connectivity index (χ0v) is 26.0. The van der Waals surface area contributed by atoms with E-state index in [1.54, 1.807) is 6.26 Å². The first-order chi connectivity index (χ1) is 16.4. The molecule has 0 saturated carbocycles. The summed E-state index contributed by atoms with van der Waals surface area (Å²) >= 11 is 1.83. The molecule has 1 nitrogen and oxygen atoms in total. The molecular weight excluding hydrogens is 456 g/mol. The Bertz CT molecular complexity index is 897. The second kappa shape index (κ2) is 13.5. The van der Waals surface area contributed by atoms with Gasteiger partial charge in [-0.3, -0.25) is 0 Å². The minimum atomic E-state index is 0.156. The molecular formula is C34H52OS. The highest BCUT2D eigenvalue weighted by Crippen LogP contribution is 2.30. The molecule has 0 N–H and O–H groups in total. The summed E-state index contributed by atoms with van der Waals surface area (Å²) in [4.78, 5) is 1.46. The van der Waals surface area contributed by atoms with Crippen molar-refractivity contribution in [3.05, 3.63) is 94.1 Å². The number of hydrogen-bond donors (Lipinski definition) is 0. The monoisotopic (exact) mass is 508 g/mol. The zero-order valence-electron chi connectivity index (χ0n) is 25.2. The highest BCUT2D eigenvalue weighted by molar-refractivity contribution is 7.10. The van der Waals surface area contributed by atoms with Crippen LogP contribution in [0.3, 0.4) is 0 Å². The summed E-state index contributed by atoms with van der Waals surface area (Å²) in [6.07, 6.45) is 17.4. The minimum absolute atomic E-state index is 0.156. The number of hydrogen-bond acceptors (Lipinski definition) is 2. The third-order valence-corrected chi connectivity index (χ3v) is 7.09. The van der Waals surface area contributed by atoms with Crippen LogP contribution in [0.4, 0.5) is 0 Å². The van der Waals surface area contributed by atoms with Crippen molar-refractivity contribution in [1.82, 2.24) is 0 Å². The zero-order chi connectivity index (χ0) is 27.6. The number of furan rings is 1. The summed E-state index contributed by atoms with van der Waals surface area (Å²) < 4.78 is 5.20. The molecule has 0 unspecified atom stereocenters. The average Bonchev–Trinajstić information content (AvgIpc) is 3.57. The van der Waals surface area contributed by atoms with E-state index in [1.165, 1.54) is 16.0 Å². The molecule has 36 heavy (non-hydrogen) atoms. The second-order valence-corrected chi connectivity index (χ2v) is 14.5. The topological polar surface area (TPSA) is 13.1 Å². The van der Waals surface area contributed by atoms with Crippen LogP contribution < -0.4 is 0 Å². The molecule has 2 heterocycles. The van der Waals surface area contributed by atoms with E-state index in [0.717, 1.165) is 18.6 Å². The van der Waals surface area contributed by atoms with Crippen molar-refractivity contribution in [2.45, 2.75) is 107 Å². The van der Waals surface area contributed by atoms with Crippen molar-refractivity contribution >= 4 is 11.3 Å². The molecule has 0 aromatic carbocycles. The van der Waals surface area contributed by atoms with Crippen LogP contribution in [0.15, 0.2) is 87.9 Å². The van der Waals surface area contributed by atoms with Crippen molar-refractivity contribution in [2.75, 3.05) is 0 Å². The fourth-order valence-corrected chi connectivity index (χ4v) is 4.25. The van der Waals surface area contributed by atoms with Gasteiger partial charge in [0, 0.05) is 10.3 Å². The molecule has 4 rings (SSSR count). The molecule has 0 saturated heterocycles. The molecule has 0 radical (unpaired) electrons. The maximum absolute atomic E-state index is 5.20. The van der Waals surface area contributed by atoms with E-state index in [9.17, 15) is 0 Å². The van der Waals surface area contributed by atoms with Gasteiger partial charge in [0.05, 0.1) is 6.26 Å². The van der Waals surface area contributed by atoms with Gasteiger partial charge in [0.25, 0.3) is 0 Å². The molecule has 2 aromatic rings. The normalized spacial score (nSPS) is 15.1. The van der Waals surface area contributed by atoms with Gasteiger partial charge >= 0.3 is 0 Å². The van der Waals surface area contributed by atoms with Gasteiger partial charge in [0.15, 0.2) is 0 Å². The van der Waals surface area contributed by atoms with Crippen LogP contribution in [0, 0.1) is 10.8 Å². The van der Waals surface area contributed by atoms with E-state index >= 15 is 0 Å². The van der Waals surface area contributed by atoms with Gasteiger partial charge in [0.2, 0.25) is 0 Å². The molecule has 0 amide bonds. The molecule has 2 heteroatoms. The fraction of sp³-hybridized carbons (Fsp3) is 0.529. The van der Waals surface area contributed by atoms with Crippen molar-refractivity contribution in [3.8, 4) is 0 Å². The third kappa shape index (κ3) is 12.3. The molecule has 2 aliphatic carbocycles. The van der Waals surface area contributed by atoms with E-state index < -0.39 is 0 Å². The van der Waals surface area contributed by atoms with Gasteiger partial charge in [-0.05, 0) is 63.8 Å². The Labute approximate surface area is 227 Å². The summed E-state index contributed by atoms with van der Waals surface area (Å²) in [5.41, 5.74) is 4.16. The first-order valence-electron chi connectivity index (χ1n) is 13.2. The molecule has 2 aromatic heterocycles. The van der Waals surface area contributed by atoms with Crippen LogP contribution in [0.5, 0.6) is 0 Å². The van der Waals surface area contributed by atoms with Gasteiger partial charge < -0.3 is 4.42 Å². The first kappa shape index (κ1) is 32.0. The summed E-state index contributed by atoms with van der Waals surface area (Å²) in [6, 6.07) is 8.20. The predicted octanol–water partition coefficient (Wildman–Crippen LogP) is 11.5. The Kier molecular flexibility index (Phi) is 12.0. The van der Waals surface area contributed by atoms with Gasteiger partial charge in [-0.2, -0.15) is 0 Å². The van der Waals surface area contributed by atoms with E-state index in [1.807, 2.05) is 23.5 Å². The van der Waals surface area contributed by atoms with E-state index in [0.29, 0.717) is 16.2 Å². The van der Waals surface area contributed by atoms with E-state index in [4.69, 9.17) is 4.42 Å². The van der Waals surface area contributed by atoms with E-state index in [2.05, 4.69) is 137 Å². The quantitative estimate of drug-likeness (QED) is 0.345. The van der Waals surface area contributed by atoms with Crippen molar-refractivity contribution in [2.24, 2.45) is 10.8 Å². The largest absolute Gasteiger partial charge is 0.469 e. The third-order valence-electron chi connectivity index (χ3n) is 5.80. The Hall–Kier alpha value is -2.06. The van der Waals surface area contributed by atoms with Gasteiger partial charge in [-0.15, -0.1) is 11.3 Å². The van der Waals surface area contributed by atoms with Crippen LogP contribution in [-0.2, 0) is 10.8 Å². The van der Waals surface area contributed by atoms with Crippen LogP contribution in [0.2, 0.25) is 0 Å². The Balaban J connectivity index is 0.000000240. The summed E-state index contributed by atoms with van der Waals surface area (Å²) in [5, 5.41) is 2.13. The number of rotatable bonds is 0. The molecule has 0 atom stereocenters. The maximum Gasteiger partial charge on any atom is 0.109 e. The van der Waals surface area contributed by atoms with Crippen molar-refractivity contribution in [3.63, 3.8) is 0 Å². The highest BCUT2D eigenvalue weighted by Gasteiger charge is 2.17. The minimum Gasteiger partial charge on any atom is -0.469 e. The van der Waals surface area contributed by atoms with E-state index in [-0.39, 0.29) is 5.41 Å². The summed E-state index contributed by atoms with van der Waals surface area (Å²) in [5.74, 6) is 1.04. The highest BCUT2D eigenvalue weighted by atomic mass is 32.1. The Morgan fingerprint density at radius 2 is 1.11 bits per heavy atom. The maximum atomic E-state index is 5.20. The first-order valence-corrected chi connectivity index (χ1v) is 14.1. The average molecular weight is 509 g/mol. The molecule has 2 aliphatic rings. The fourth-order valence-electron chi connectivity index (χ4n) is 3.44. The van der Waals surface area contributed by atoms with Crippen LogP contribution >= 0.6 is 11.3 Å². The van der Waals surface area contributed by atoms with Crippen LogP contribution in [0.25, 0.3) is 0 Å². The number of allylic oxidation sites excluding steroid dienone is 8. The van der Waals surface area contributed by atoms with Crippen LogP contribution in [-0.4, -0.2) is 0 Å². The standard InChI is InChI=1S/2C9H14.C8H12O.C8H12S/c2*1-9(2,3)8-6-4-5-7-8;2*1-8(2,3)7-5-4-6-9-7/h2*4,6-7H,5H2,1-3H3;2*4-6H,1-3H3. The van der Waals surface area contributed by atoms with Crippen molar-refractivity contribution < 1.29 is 4.42 Å². The summed E-state index contributed by atoms with van der Waals surface area (Å²) in [6.45, 7) is 26.6. The lowest BCUT2D eigenvalue weighted by atomic mass is 9.87. The molecule has 200 valence electrons. The molecule has 0 aliphatic heterocycles. The molecule has 0 spiro atoms. The van der Waals surface area contributed by atoms with Gasteiger partial charge in [-0.25, -0.2) is 0 Å². The van der Waals surface area contributed by atoms with Crippen molar-refractivity contribution in [1.29, 1.82) is 0 Å². The van der Waals surface area contributed by atoms with Crippen LogP contribution in [0.1, 0.15) is 107 Å². The Morgan fingerprint density at radius 3 is 1.28 bits per heavy atom. The summed E-state index contributed by atoms with van der Waals surface area (Å²) in [7, 11) is 0. The predicted molar refractivity (Wildman–Crippen MR) is 163 cm³/mol. The van der Waals surface area contributed by atoms with Gasteiger partial charge in [0.1, 0.15) is 5.76 Å². The smallest absolute Gasteiger partial charge is 0.109 e. The lowest BCUT2D eigenvalue weighted by molar-refractivity contribution is 0.409. The molecule has 0 fully saturated rings. The lowest BCUT2D eigenvalue weighted by Gasteiger charge is -2.18. The Morgan fingerprint density at radius 1 is 0.611 bits per heavy atom. The second-order valence-electron chi connectivity index (χ2n) is 13.5. The number of thiophene rings is 1. The SMILES string of the molecule is CC(C)(C)C1=CCC=C1.CC(C)(C)C1=CCC=C1.CC(C)(C)c1ccco1.CC(C)(C)c1cccs1.